The SMILES string of the molecule is O=S(=O)(CBr)N1CCC2(CCOCC2)C1. The molecule has 0 aromatic carbocycles. The van der Waals surface area contributed by atoms with Crippen LogP contribution in [-0.4, -0.2) is 43.7 Å². The highest BCUT2D eigenvalue weighted by molar-refractivity contribution is 9.10. The molecule has 0 aliphatic carbocycles. The first-order chi connectivity index (χ1) is 7.08. The lowest BCUT2D eigenvalue weighted by Crippen LogP contribution is -2.35. The molecule has 2 fully saturated rings. The van der Waals surface area contributed by atoms with Crippen molar-refractivity contribution in [2.45, 2.75) is 19.3 Å². The molecule has 2 aliphatic heterocycles. The van der Waals surface area contributed by atoms with Crippen LogP contribution >= 0.6 is 15.9 Å². The zero-order chi connectivity index (χ0) is 10.9. The molecule has 2 aliphatic rings. The average Bonchev–Trinajstić information content (AvgIpc) is 2.64. The van der Waals surface area contributed by atoms with Crippen LogP contribution in [0.3, 0.4) is 0 Å². The average molecular weight is 298 g/mol. The Morgan fingerprint density at radius 2 is 1.93 bits per heavy atom. The molecule has 0 N–H and O–H groups in total. The van der Waals surface area contributed by atoms with Crippen molar-refractivity contribution in [1.29, 1.82) is 0 Å². The standard InChI is InChI=1S/C9H16BrNO3S/c10-8-15(12,13)11-4-1-9(7-11)2-5-14-6-3-9/h1-8H2. The van der Waals surface area contributed by atoms with Gasteiger partial charge >= 0.3 is 0 Å². The Hall–Kier alpha value is 0.350. The van der Waals surface area contributed by atoms with Gasteiger partial charge in [0.1, 0.15) is 4.66 Å². The van der Waals surface area contributed by atoms with E-state index < -0.39 is 10.0 Å². The van der Waals surface area contributed by atoms with Gasteiger partial charge in [0.15, 0.2) is 0 Å². The van der Waals surface area contributed by atoms with Crippen molar-refractivity contribution in [2.75, 3.05) is 31.0 Å². The van der Waals surface area contributed by atoms with Gasteiger partial charge in [-0.05, 0) is 24.7 Å². The van der Waals surface area contributed by atoms with Crippen LogP contribution in [0.15, 0.2) is 0 Å². The van der Waals surface area contributed by atoms with Crippen molar-refractivity contribution in [3.05, 3.63) is 0 Å². The summed E-state index contributed by atoms with van der Waals surface area (Å²) >= 11 is 3.04. The molecule has 4 nitrogen and oxygen atoms in total. The highest BCUT2D eigenvalue weighted by Gasteiger charge is 2.42. The van der Waals surface area contributed by atoms with Crippen LogP contribution in [0.5, 0.6) is 0 Å². The molecule has 0 amide bonds. The Morgan fingerprint density at radius 3 is 2.53 bits per heavy atom. The van der Waals surface area contributed by atoms with Crippen LogP contribution in [0.25, 0.3) is 0 Å². The summed E-state index contributed by atoms with van der Waals surface area (Å²) in [5, 5.41) is 0. The van der Waals surface area contributed by atoms with Gasteiger partial charge in [0, 0.05) is 26.3 Å². The maximum absolute atomic E-state index is 11.7. The molecule has 0 saturated carbocycles. The van der Waals surface area contributed by atoms with Crippen LogP contribution in [0.4, 0.5) is 0 Å². The fourth-order valence-corrected chi connectivity index (χ4v) is 4.26. The quantitative estimate of drug-likeness (QED) is 0.719. The van der Waals surface area contributed by atoms with Crippen molar-refractivity contribution < 1.29 is 13.2 Å². The lowest BCUT2D eigenvalue weighted by Gasteiger charge is -2.32. The summed E-state index contributed by atoms with van der Waals surface area (Å²) in [5.74, 6) is 0. The van der Waals surface area contributed by atoms with E-state index in [4.69, 9.17) is 4.74 Å². The summed E-state index contributed by atoms with van der Waals surface area (Å²) < 4.78 is 30.3. The Kier molecular flexibility index (Phi) is 3.40. The molecule has 2 saturated heterocycles. The Bertz CT molecular complexity index is 324. The topological polar surface area (TPSA) is 46.6 Å². The number of rotatable bonds is 2. The minimum atomic E-state index is -3.06. The molecular formula is C9H16BrNO3S. The van der Waals surface area contributed by atoms with Crippen LogP contribution in [0.2, 0.25) is 0 Å². The van der Waals surface area contributed by atoms with E-state index in [2.05, 4.69) is 15.9 Å². The van der Waals surface area contributed by atoms with Gasteiger partial charge < -0.3 is 4.74 Å². The molecule has 0 bridgehead atoms. The molecular weight excluding hydrogens is 282 g/mol. The normalized spacial score (nSPS) is 27.3. The number of hydrogen-bond donors (Lipinski definition) is 0. The van der Waals surface area contributed by atoms with Crippen LogP contribution in [0.1, 0.15) is 19.3 Å². The van der Waals surface area contributed by atoms with Crippen molar-refractivity contribution in [2.24, 2.45) is 5.41 Å². The summed E-state index contributed by atoms with van der Waals surface area (Å²) in [5.41, 5.74) is 0.202. The predicted octanol–water partition coefficient (Wildman–Crippen LogP) is 1.17. The minimum Gasteiger partial charge on any atom is -0.381 e. The summed E-state index contributed by atoms with van der Waals surface area (Å²) in [6, 6.07) is 0. The maximum atomic E-state index is 11.7. The van der Waals surface area contributed by atoms with E-state index in [0.29, 0.717) is 13.1 Å². The summed E-state index contributed by atoms with van der Waals surface area (Å²) in [7, 11) is -3.06. The second kappa shape index (κ2) is 4.31. The Labute approximate surface area is 99.1 Å². The molecule has 15 heavy (non-hydrogen) atoms. The molecule has 2 heterocycles. The predicted molar refractivity (Wildman–Crippen MR) is 61.4 cm³/mol. The van der Waals surface area contributed by atoms with E-state index >= 15 is 0 Å². The van der Waals surface area contributed by atoms with Gasteiger partial charge in [-0.25, -0.2) is 12.7 Å². The summed E-state index contributed by atoms with van der Waals surface area (Å²) in [6.07, 6.45) is 2.99. The monoisotopic (exact) mass is 297 g/mol. The smallest absolute Gasteiger partial charge is 0.224 e. The Balaban J connectivity index is 2.05. The molecule has 88 valence electrons. The fourth-order valence-electron chi connectivity index (χ4n) is 2.41. The first-order valence-electron chi connectivity index (χ1n) is 5.20. The first kappa shape index (κ1) is 11.8. The Morgan fingerprint density at radius 1 is 1.27 bits per heavy atom. The number of sulfonamides is 1. The third-order valence-corrected chi connectivity index (χ3v) is 6.60. The molecule has 6 heteroatoms. The van der Waals surface area contributed by atoms with Crippen LogP contribution in [-0.2, 0) is 14.8 Å². The van der Waals surface area contributed by atoms with E-state index in [1.165, 1.54) is 0 Å². The second-order valence-corrected chi connectivity index (χ2v) is 7.69. The number of hydrogen-bond acceptors (Lipinski definition) is 3. The number of ether oxygens (including phenoxy) is 1. The third kappa shape index (κ3) is 2.38. The molecule has 1 spiro atoms. The van der Waals surface area contributed by atoms with Crippen molar-refractivity contribution in [3.8, 4) is 0 Å². The van der Waals surface area contributed by atoms with Gasteiger partial charge in [0.05, 0.1) is 0 Å². The van der Waals surface area contributed by atoms with Crippen LogP contribution < -0.4 is 0 Å². The zero-order valence-corrected chi connectivity index (χ0v) is 11.0. The summed E-state index contributed by atoms with van der Waals surface area (Å²) in [4.78, 5) is 0. The van der Waals surface area contributed by atoms with Crippen molar-refractivity contribution >= 4 is 26.0 Å². The van der Waals surface area contributed by atoms with Crippen LogP contribution in [0, 0.1) is 5.41 Å². The number of alkyl halides is 1. The van der Waals surface area contributed by atoms with E-state index in [0.717, 1.165) is 32.5 Å². The van der Waals surface area contributed by atoms with E-state index in [1.54, 1.807) is 4.31 Å². The third-order valence-electron chi connectivity index (χ3n) is 3.49. The molecule has 0 atom stereocenters. The fraction of sp³-hybridized carbons (Fsp3) is 1.00. The molecule has 2 rings (SSSR count). The van der Waals surface area contributed by atoms with Gasteiger partial charge in [-0.2, -0.15) is 0 Å². The number of nitrogens with zero attached hydrogens (tertiary/aromatic N) is 1. The van der Waals surface area contributed by atoms with E-state index in [1.807, 2.05) is 0 Å². The second-order valence-electron chi connectivity index (χ2n) is 4.42. The van der Waals surface area contributed by atoms with Gasteiger partial charge in [-0.3, -0.25) is 0 Å². The first-order valence-corrected chi connectivity index (χ1v) is 7.93. The highest BCUT2D eigenvalue weighted by Crippen LogP contribution is 2.40. The van der Waals surface area contributed by atoms with Gasteiger partial charge in [0.2, 0.25) is 10.0 Å². The lowest BCUT2D eigenvalue weighted by atomic mass is 9.80. The largest absolute Gasteiger partial charge is 0.381 e. The van der Waals surface area contributed by atoms with Gasteiger partial charge in [0.25, 0.3) is 0 Å². The van der Waals surface area contributed by atoms with Gasteiger partial charge in [-0.1, -0.05) is 15.9 Å². The molecule has 0 aromatic rings. The zero-order valence-electron chi connectivity index (χ0n) is 8.62. The van der Waals surface area contributed by atoms with E-state index in [9.17, 15) is 8.42 Å². The van der Waals surface area contributed by atoms with E-state index in [-0.39, 0.29) is 10.1 Å². The van der Waals surface area contributed by atoms with Crippen molar-refractivity contribution in [3.63, 3.8) is 0 Å². The molecule has 0 unspecified atom stereocenters. The molecule has 0 radical (unpaired) electrons. The highest BCUT2D eigenvalue weighted by atomic mass is 79.9. The summed E-state index contributed by atoms with van der Waals surface area (Å²) in [6.45, 7) is 2.92. The lowest BCUT2D eigenvalue weighted by molar-refractivity contribution is 0.0222. The van der Waals surface area contributed by atoms with Gasteiger partial charge in [-0.15, -0.1) is 0 Å². The maximum Gasteiger partial charge on any atom is 0.224 e. The number of halogens is 1. The molecule has 0 aromatic heterocycles. The minimum absolute atomic E-state index is 0.0343. The van der Waals surface area contributed by atoms with Crippen molar-refractivity contribution in [1.82, 2.24) is 4.31 Å².